The van der Waals surface area contributed by atoms with Crippen molar-refractivity contribution < 1.29 is 9.00 Å². The molecule has 0 saturated carbocycles. The zero-order valence-electron chi connectivity index (χ0n) is 13.1. The van der Waals surface area contributed by atoms with Crippen molar-refractivity contribution in [3.63, 3.8) is 0 Å². The van der Waals surface area contributed by atoms with E-state index in [2.05, 4.69) is 9.97 Å². The lowest BCUT2D eigenvalue weighted by atomic mass is 10.3. The van der Waals surface area contributed by atoms with Crippen molar-refractivity contribution in [3.05, 3.63) is 30.2 Å². The Hall–Kier alpha value is -1.73. The molecule has 0 aliphatic rings. The van der Waals surface area contributed by atoms with Crippen LogP contribution in [0.1, 0.15) is 12.1 Å². The SMILES string of the molecule is Cc1nc(-c2cccnc2)sc1N(C)C(=O)CC=S(C)(C)=O. The Morgan fingerprint density at radius 2 is 2.18 bits per heavy atom. The number of aryl methyl sites for hydroxylation is 1. The van der Waals surface area contributed by atoms with Gasteiger partial charge in [-0.3, -0.25) is 14.0 Å². The second-order valence-corrected chi connectivity index (χ2v) is 9.21. The minimum atomic E-state index is -2.03. The van der Waals surface area contributed by atoms with Crippen LogP contribution in [-0.4, -0.2) is 45.0 Å². The Kier molecular flexibility index (Phi) is 4.97. The van der Waals surface area contributed by atoms with Gasteiger partial charge in [-0.05, 0) is 33.9 Å². The lowest BCUT2D eigenvalue weighted by Crippen LogP contribution is -2.26. The molecule has 5 nitrogen and oxygen atoms in total. The number of hydrogen-bond acceptors (Lipinski definition) is 5. The molecule has 0 bridgehead atoms. The number of amides is 1. The first-order valence-corrected chi connectivity index (χ1v) is 9.95. The minimum Gasteiger partial charge on any atom is -0.305 e. The molecule has 0 aliphatic heterocycles. The molecular formula is C15H19N3O2S2. The largest absolute Gasteiger partial charge is 0.305 e. The molecule has 7 heteroatoms. The van der Waals surface area contributed by atoms with Gasteiger partial charge in [0.1, 0.15) is 10.0 Å². The number of rotatable bonds is 4. The zero-order chi connectivity index (χ0) is 16.3. The third-order valence-corrected chi connectivity index (χ3v) is 5.27. The lowest BCUT2D eigenvalue weighted by Gasteiger charge is -2.14. The molecule has 0 aromatic carbocycles. The molecule has 0 spiro atoms. The van der Waals surface area contributed by atoms with Crippen molar-refractivity contribution in [2.75, 3.05) is 24.5 Å². The van der Waals surface area contributed by atoms with Gasteiger partial charge in [0.25, 0.3) is 0 Å². The second kappa shape index (κ2) is 6.58. The van der Waals surface area contributed by atoms with E-state index in [-0.39, 0.29) is 12.3 Å². The van der Waals surface area contributed by atoms with Crippen LogP contribution in [0.3, 0.4) is 0 Å². The van der Waals surface area contributed by atoms with E-state index in [0.29, 0.717) is 0 Å². The molecule has 0 unspecified atom stereocenters. The van der Waals surface area contributed by atoms with E-state index in [1.165, 1.54) is 11.3 Å². The van der Waals surface area contributed by atoms with Gasteiger partial charge in [0.05, 0.1) is 12.1 Å². The summed E-state index contributed by atoms with van der Waals surface area (Å²) in [5.74, 6) is -0.0964. The van der Waals surface area contributed by atoms with Gasteiger partial charge < -0.3 is 4.90 Å². The topological polar surface area (TPSA) is 63.2 Å². The van der Waals surface area contributed by atoms with Crippen LogP contribution in [0.25, 0.3) is 10.6 Å². The minimum absolute atomic E-state index is 0.0964. The highest BCUT2D eigenvalue weighted by atomic mass is 32.2. The maximum atomic E-state index is 12.2. The third kappa shape index (κ3) is 4.14. The van der Waals surface area contributed by atoms with E-state index in [1.54, 1.807) is 42.2 Å². The van der Waals surface area contributed by atoms with E-state index in [0.717, 1.165) is 21.3 Å². The third-order valence-electron chi connectivity index (χ3n) is 3.02. The maximum Gasteiger partial charge on any atom is 0.231 e. The fourth-order valence-corrected chi connectivity index (χ4v) is 3.41. The summed E-state index contributed by atoms with van der Waals surface area (Å²) in [6.45, 7) is 1.88. The predicted molar refractivity (Wildman–Crippen MR) is 94.2 cm³/mol. The van der Waals surface area contributed by atoms with Gasteiger partial charge in [-0.1, -0.05) is 11.3 Å². The summed E-state index contributed by atoms with van der Waals surface area (Å²) >= 11 is 1.45. The van der Waals surface area contributed by atoms with Crippen LogP contribution in [0.15, 0.2) is 24.5 Å². The smallest absolute Gasteiger partial charge is 0.231 e. The Labute approximate surface area is 135 Å². The van der Waals surface area contributed by atoms with Crippen molar-refractivity contribution in [2.45, 2.75) is 13.3 Å². The van der Waals surface area contributed by atoms with Crippen molar-refractivity contribution in [1.29, 1.82) is 0 Å². The molecule has 0 radical (unpaired) electrons. The highest BCUT2D eigenvalue weighted by Gasteiger charge is 2.17. The van der Waals surface area contributed by atoms with Crippen LogP contribution >= 0.6 is 11.3 Å². The number of nitrogens with zero attached hydrogens (tertiary/aromatic N) is 3. The standard InChI is InChI=1S/C15H19N3O2S2/c1-11-15(18(2)13(19)7-9-22(3,4)20)21-14(17-11)12-6-5-8-16-10-12/h5-6,8-10H,7H2,1-4H3. The first-order valence-electron chi connectivity index (χ1n) is 6.70. The molecular weight excluding hydrogens is 318 g/mol. The van der Waals surface area contributed by atoms with Crippen molar-refractivity contribution in [2.24, 2.45) is 0 Å². The monoisotopic (exact) mass is 337 g/mol. The van der Waals surface area contributed by atoms with E-state index >= 15 is 0 Å². The Bertz CT molecular complexity index is 782. The van der Waals surface area contributed by atoms with Crippen LogP contribution in [0.5, 0.6) is 0 Å². The van der Waals surface area contributed by atoms with Crippen LogP contribution in [-0.2, 0) is 14.3 Å². The molecule has 2 rings (SSSR count). The molecule has 0 saturated heterocycles. The first-order chi connectivity index (χ1) is 10.3. The van der Waals surface area contributed by atoms with E-state index in [4.69, 9.17) is 0 Å². The summed E-state index contributed by atoms with van der Waals surface area (Å²) in [7, 11) is -0.307. The van der Waals surface area contributed by atoms with E-state index in [9.17, 15) is 9.00 Å². The molecule has 0 atom stereocenters. The zero-order valence-corrected chi connectivity index (χ0v) is 14.7. The van der Waals surface area contributed by atoms with Crippen LogP contribution in [0.2, 0.25) is 0 Å². The van der Waals surface area contributed by atoms with Crippen LogP contribution in [0, 0.1) is 6.92 Å². The summed E-state index contributed by atoms with van der Waals surface area (Å²) in [6.07, 6.45) is 6.86. The summed E-state index contributed by atoms with van der Waals surface area (Å²) in [4.78, 5) is 22.4. The highest BCUT2D eigenvalue weighted by molar-refractivity contribution is 8.00. The Balaban J connectivity index is 2.24. The fraction of sp³-hybridized carbons (Fsp3) is 0.333. The van der Waals surface area contributed by atoms with Crippen LogP contribution in [0.4, 0.5) is 5.00 Å². The van der Waals surface area contributed by atoms with Crippen molar-refractivity contribution in [1.82, 2.24) is 9.97 Å². The second-order valence-electron chi connectivity index (χ2n) is 5.28. The molecule has 0 aliphatic carbocycles. The van der Waals surface area contributed by atoms with Gasteiger partial charge in [-0.2, -0.15) is 0 Å². The first kappa shape index (κ1) is 16.6. The fourth-order valence-electron chi connectivity index (χ4n) is 1.83. The molecule has 2 heterocycles. The quantitative estimate of drug-likeness (QED) is 0.803. The number of carbonyl (C=O) groups is 1. The van der Waals surface area contributed by atoms with Gasteiger partial charge in [-0.15, -0.1) is 0 Å². The molecule has 2 aromatic heterocycles. The predicted octanol–water partition coefficient (Wildman–Crippen LogP) is 2.21. The van der Waals surface area contributed by atoms with Gasteiger partial charge in [-0.25, -0.2) is 4.98 Å². The van der Waals surface area contributed by atoms with Gasteiger partial charge in [0, 0.05) is 37.5 Å². The summed E-state index contributed by atoms with van der Waals surface area (Å²) in [6, 6.07) is 3.79. The number of thiazole rings is 1. The van der Waals surface area contributed by atoms with Crippen molar-refractivity contribution >= 4 is 37.1 Å². The maximum absolute atomic E-state index is 12.2. The molecule has 22 heavy (non-hydrogen) atoms. The number of aromatic nitrogens is 2. The Morgan fingerprint density at radius 1 is 1.45 bits per heavy atom. The lowest BCUT2D eigenvalue weighted by molar-refractivity contribution is -0.117. The van der Waals surface area contributed by atoms with Crippen molar-refractivity contribution in [3.8, 4) is 10.6 Å². The summed E-state index contributed by atoms with van der Waals surface area (Å²) < 4.78 is 11.7. The molecule has 118 valence electrons. The highest BCUT2D eigenvalue weighted by Crippen LogP contribution is 2.33. The molecule has 0 N–H and O–H groups in total. The average molecular weight is 337 g/mol. The molecule has 0 fully saturated rings. The average Bonchev–Trinajstić information content (AvgIpc) is 2.86. The number of pyridine rings is 1. The Morgan fingerprint density at radius 3 is 2.77 bits per heavy atom. The van der Waals surface area contributed by atoms with Gasteiger partial charge in [0.15, 0.2) is 0 Å². The molecule has 2 aromatic rings. The van der Waals surface area contributed by atoms with Gasteiger partial charge >= 0.3 is 0 Å². The number of carbonyl (C=O) groups excluding carboxylic acids is 1. The van der Waals surface area contributed by atoms with Crippen LogP contribution < -0.4 is 4.90 Å². The summed E-state index contributed by atoms with van der Waals surface area (Å²) in [5, 5.41) is 3.21. The van der Waals surface area contributed by atoms with E-state index in [1.807, 2.05) is 19.1 Å². The molecule has 1 amide bonds. The van der Waals surface area contributed by atoms with Gasteiger partial charge in [0.2, 0.25) is 5.91 Å². The summed E-state index contributed by atoms with van der Waals surface area (Å²) in [5.41, 5.74) is 1.73. The van der Waals surface area contributed by atoms with E-state index < -0.39 is 9.52 Å². The number of anilines is 1. The normalized spacial score (nSPS) is 11.3. The number of hydrogen-bond donors (Lipinski definition) is 0.